The molecule has 1 aliphatic rings. The molecular weight excluding hydrogens is 408 g/mol. The van der Waals surface area contributed by atoms with Gasteiger partial charge in [0, 0.05) is 24.7 Å². The zero-order valence-corrected chi connectivity index (χ0v) is 17.2. The van der Waals surface area contributed by atoms with Gasteiger partial charge in [0.25, 0.3) is 0 Å². The number of thiazole rings is 1. The standard InChI is InChI=1S/C20H20N4O3S2/c25-19(23-20-22-17(14-28-20)16-8-4-5-9-21-16)18(15-6-2-1-3-7-15)24-10-12-29(26,27)13-11-24/h1-9,14,18H,10-13H2,(H,22,23,25). The normalized spacial score (nSPS) is 17.5. The highest BCUT2D eigenvalue weighted by Crippen LogP contribution is 2.27. The predicted molar refractivity (Wildman–Crippen MR) is 113 cm³/mol. The van der Waals surface area contributed by atoms with Crippen LogP contribution in [0.15, 0.2) is 60.1 Å². The van der Waals surface area contributed by atoms with E-state index in [1.807, 2.05) is 58.8 Å². The van der Waals surface area contributed by atoms with Crippen LogP contribution in [0.25, 0.3) is 11.4 Å². The van der Waals surface area contributed by atoms with Crippen LogP contribution in [0.1, 0.15) is 11.6 Å². The number of amides is 1. The van der Waals surface area contributed by atoms with Crippen molar-refractivity contribution >= 4 is 32.2 Å². The van der Waals surface area contributed by atoms with Crippen molar-refractivity contribution in [1.82, 2.24) is 14.9 Å². The Morgan fingerprint density at radius 1 is 1.03 bits per heavy atom. The van der Waals surface area contributed by atoms with Crippen LogP contribution in [0.2, 0.25) is 0 Å². The molecule has 1 unspecified atom stereocenters. The van der Waals surface area contributed by atoms with E-state index in [4.69, 9.17) is 0 Å². The average molecular weight is 429 g/mol. The average Bonchev–Trinajstić information content (AvgIpc) is 3.19. The molecular formula is C20H20N4O3S2. The third-order valence-electron chi connectivity index (χ3n) is 4.77. The quantitative estimate of drug-likeness (QED) is 0.672. The first-order valence-corrected chi connectivity index (χ1v) is 11.9. The molecule has 9 heteroatoms. The topological polar surface area (TPSA) is 92.3 Å². The van der Waals surface area contributed by atoms with Gasteiger partial charge < -0.3 is 5.32 Å². The number of nitrogens with zero attached hydrogens (tertiary/aromatic N) is 3. The number of carbonyl (C=O) groups excluding carboxylic acids is 1. The van der Waals surface area contributed by atoms with Crippen molar-refractivity contribution in [3.63, 3.8) is 0 Å². The van der Waals surface area contributed by atoms with Gasteiger partial charge in [0.1, 0.15) is 11.7 Å². The lowest BCUT2D eigenvalue weighted by Crippen LogP contribution is -2.46. The Hall–Kier alpha value is -2.62. The molecule has 1 atom stereocenters. The van der Waals surface area contributed by atoms with Crippen molar-refractivity contribution in [1.29, 1.82) is 0 Å². The molecule has 150 valence electrons. The second-order valence-electron chi connectivity index (χ2n) is 6.74. The summed E-state index contributed by atoms with van der Waals surface area (Å²) >= 11 is 1.33. The highest BCUT2D eigenvalue weighted by Gasteiger charge is 2.32. The van der Waals surface area contributed by atoms with Crippen molar-refractivity contribution in [2.45, 2.75) is 6.04 Å². The Labute approximate surface area is 173 Å². The lowest BCUT2D eigenvalue weighted by Gasteiger charge is -2.33. The van der Waals surface area contributed by atoms with Gasteiger partial charge in [-0.25, -0.2) is 13.4 Å². The number of benzene rings is 1. The number of pyridine rings is 1. The van der Waals surface area contributed by atoms with E-state index < -0.39 is 15.9 Å². The lowest BCUT2D eigenvalue weighted by molar-refractivity contribution is -0.121. The molecule has 29 heavy (non-hydrogen) atoms. The highest BCUT2D eigenvalue weighted by atomic mass is 32.2. The maximum Gasteiger partial charge on any atom is 0.248 e. The van der Waals surface area contributed by atoms with Crippen LogP contribution in [0.3, 0.4) is 0 Å². The molecule has 1 aromatic carbocycles. The van der Waals surface area contributed by atoms with E-state index in [9.17, 15) is 13.2 Å². The van der Waals surface area contributed by atoms with Crippen LogP contribution in [0, 0.1) is 0 Å². The molecule has 1 N–H and O–H groups in total. The number of aromatic nitrogens is 2. The summed E-state index contributed by atoms with van der Waals surface area (Å²) in [7, 11) is -3.03. The molecule has 0 radical (unpaired) electrons. The molecule has 4 rings (SSSR count). The Bertz CT molecular complexity index is 1070. The number of hydrogen-bond donors (Lipinski definition) is 1. The molecule has 7 nitrogen and oxygen atoms in total. The first kappa shape index (κ1) is 19.7. The third kappa shape index (κ3) is 4.69. The number of nitrogens with one attached hydrogen (secondary N) is 1. The summed E-state index contributed by atoms with van der Waals surface area (Å²) < 4.78 is 23.6. The lowest BCUT2D eigenvalue weighted by atomic mass is 10.0. The molecule has 0 spiro atoms. The van der Waals surface area contributed by atoms with E-state index in [0.717, 1.165) is 11.3 Å². The van der Waals surface area contributed by atoms with E-state index in [2.05, 4.69) is 15.3 Å². The molecule has 0 bridgehead atoms. The summed E-state index contributed by atoms with van der Waals surface area (Å²) in [6.45, 7) is 0.652. The first-order valence-electron chi connectivity index (χ1n) is 9.19. The molecule has 2 aromatic heterocycles. The summed E-state index contributed by atoms with van der Waals surface area (Å²) in [5.41, 5.74) is 2.27. The van der Waals surface area contributed by atoms with Crippen molar-refractivity contribution in [3.8, 4) is 11.4 Å². The van der Waals surface area contributed by atoms with E-state index in [-0.39, 0.29) is 17.4 Å². The highest BCUT2D eigenvalue weighted by molar-refractivity contribution is 7.91. The fraction of sp³-hybridized carbons (Fsp3) is 0.250. The maximum absolute atomic E-state index is 13.2. The van der Waals surface area contributed by atoms with E-state index >= 15 is 0 Å². The fourth-order valence-electron chi connectivity index (χ4n) is 3.28. The van der Waals surface area contributed by atoms with Gasteiger partial charge in [-0.05, 0) is 17.7 Å². The number of carbonyl (C=O) groups is 1. The van der Waals surface area contributed by atoms with Crippen LogP contribution in [-0.2, 0) is 14.6 Å². The molecule has 1 fully saturated rings. The van der Waals surface area contributed by atoms with Crippen LogP contribution >= 0.6 is 11.3 Å². The number of hydrogen-bond acceptors (Lipinski definition) is 7. The minimum Gasteiger partial charge on any atom is -0.300 e. The maximum atomic E-state index is 13.2. The monoisotopic (exact) mass is 428 g/mol. The van der Waals surface area contributed by atoms with Crippen LogP contribution in [-0.4, -0.2) is 53.8 Å². The molecule has 1 saturated heterocycles. The van der Waals surface area contributed by atoms with Crippen molar-refractivity contribution < 1.29 is 13.2 Å². The van der Waals surface area contributed by atoms with Gasteiger partial charge in [-0.3, -0.25) is 14.7 Å². The third-order valence-corrected chi connectivity index (χ3v) is 7.14. The molecule has 3 heterocycles. The van der Waals surface area contributed by atoms with E-state index in [0.29, 0.717) is 23.9 Å². The second-order valence-corrected chi connectivity index (χ2v) is 9.90. The van der Waals surface area contributed by atoms with Gasteiger partial charge in [0.2, 0.25) is 5.91 Å². The summed E-state index contributed by atoms with van der Waals surface area (Å²) in [5, 5.41) is 5.24. The molecule has 3 aromatic rings. The second kappa shape index (κ2) is 8.40. The molecule has 1 amide bonds. The van der Waals surface area contributed by atoms with Crippen LogP contribution in [0.5, 0.6) is 0 Å². The molecule has 0 aliphatic carbocycles. The minimum atomic E-state index is -3.03. The predicted octanol–water partition coefficient (Wildman–Crippen LogP) is 2.62. The summed E-state index contributed by atoms with van der Waals surface area (Å²) in [6, 6.07) is 14.4. The largest absolute Gasteiger partial charge is 0.300 e. The van der Waals surface area contributed by atoms with E-state index in [1.54, 1.807) is 6.20 Å². The van der Waals surface area contributed by atoms with Crippen molar-refractivity contribution in [2.75, 3.05) is 29.9 Å². The van der Waals surface area contributed by atoms with Gasteiger partial charge in [-0.15, -0.1) is 11.3 Å². The Balaban J connectivity index is 1.55. The number of anilines is 1. The summed E-state index contributed by atoms with van der Waals surface area (Å²) in [5.74, 6) is -0.104. The summed E-state index contributed by atoms with van der Waals surface area (Å²) in [4.78, 5) is 23.8. The summed E-state index contributed by atoms with van der Waals surface area (Å²) in [6.07, 6.45) is 1.70. The van der Waals surface area contributed by atoms with Crippen molar-refractivity contribution in [2.24, 2.45) is 0 Å². The van der Waals surface area contributed by atoms with Crippen LogP contribution in [0.4, 0.5) is 5.13 Å². The number of rotatable bonds is 5. The smallest absolute Gasteiger partial charge is 0.248 e. The fourth-order valence-corrected chi connectivity index (χ4v) is 5.22. The molecule has 1 aliphatic heterocycles. The zero-order valence-electron chi connectivity index (χ0n) is 15.6. The van der Waals surface area contributed by atoms with Gasteiger partial charge in [-0.2, -0.15) is 0 Å². The Kier molecular flexibility index (Phi) is 5.70. The van der Waals surface area contributed by atoms with Gasteiger partial charge >= 0.3 is 0 Å². The molecule has 0 saturated carbocycles. The van der Waals surface area contributed by atoms with Gasteiger partial charge in [-0.1, -0.05) is 36.4 Å². The zero-order chi connectivity index (χ0) is 20.3. The number of sulfone groups is 1. The van der Waals surface area contributed by atoms with E-state index in [1.165, 1.54) is 11.3 Å². The van der Waals surface area contributed by atoms with Crippen molar-refractivity contribution in [3.05, 3.63) is 65.7 Å². The first-order chi connectivity index (χ1) is 14.0. The Morgan fingerprint density at radius 2 is 1.76 bits per heavy atom. The minimum absolute atomic E-state index is 0.0602. The van der Waals surface area contributed by atoms with Gasteiger partial charge in [0.05, 0.1) is 17.2 Å². The van der Waals surface area contributed by atoms with Gasteiger partial charge in [0.15, 0.2) is 15.0 Å². The Morgan fingerprint density at radius 3 is 2.45 bits per heavy atom. The van der Waals surface area contributed by atoms with Crippen LogP contribution < -0.4 is 5.32 Å². The SMILES string of the molecule is O=C(Nc1nc(-c2ccccn2)cs1)C(c1ccccc1)N1CCS(=O)(=O)CC1.